The quantitative estimate of drug-likeness (QED) is 0.306. The number of benzene rings is 2. The summed E-state index contributed by atoms with van der Waals surface area (Å²) in [6, 6.07) is 12.3. The van der Waals surface area contributed by atoms with Crippen LogP contribution in [0.5, 0.6) is 0 Å². The number of carbonyl (C=O) groups excluding carboxylic acids is 1. The molecule has 7 nitrogen and oxygen atoms in total. The van der Waals surface area contributed by atoms with E-state index < -0.39 is 38.8 Å². The molecule has 0 radical (unpaired) electrons. The normalized spacial score (nSPS) is 11.5. The van der Waals surface area contributed by atoms with Gasteiger partial charge in [-0.2, -0.15) is 0 Å². The fourth-order valence-corrected chi connectivity index (χ4v) is 4.65. The molecule has 0 aliphatic heterocycles. The maximum absolute atomic E-state index is 14.9. The summed E-state index contributed by atoms with van der Waals surface area (Å²) >= 11 is 5.93. The van der Waals surface area contributed by atoms with Gasteiger partial charge in [0.1, 0.15) is 17.0 Å². The van der Waals surface area contributed by atoms with Crippen molar-refractivity contribution >= 4 is 49.9 Å². The largest absolute Gasteiger partial charge is 0.339 e. The summed E-state index contributed by atoms with van der Waals surface area (Å²) < 4.78 is 55.2. The minimum atomic E-state index is -3.83. The maximum Gasteiger partial charge on any atom is 0.261 e. The van der Waals surface area contributed by atoms with Crippen molar-refractivity contribution in [2.24, 2.45) is 0 Å². The molecule has 11 heteroatoms. The summed E-state index contributed by atoms with van der Waals surface area (Å²) in [5.74, 6) is -3.76. The number of aromatic amines is 1. The summed E-state index contributed by atoms with van der Waals surface area (Å²) in [5.41, 5.74) is 0.980. The molecule has 0 atom stereocenters. The second-order valence-corrected chi connectivity index (χ2v) is 9.79. The number of carbonyl (C=O) groups is 1. The Hall–Kier alpha value is -3.50. The molecule has 0 bridgehead atoms. The Bertz CT molecular complexity index is 1490. The first-order valence-corrected chi connectivity index (χ1v) is 12.2. The number of halogens is 3. The van der Waals surface area contributed by atoms with E-state index in [0.717, 1.165) is 23.4 Å². The molecular weight excluding hydrogens is 486 g/mol. The molecule has 0 aliphatic carbocycles. The standard InChI is InChI=1S/C23H19ClF2N4O3S/c1-2-9-34(32,33)30-18-8-7-17(25)20(21(18)26)23(31)28-16-10-14-11-19(29-22(14)27-12-16)13-3-5-15(24)6-4-13/h3-8,10-12,30H,2,9H2,1H3,(H,27,29)(H,28,31). The van der Waals surface area contributed by atoms with Crippen LogP contribution in [0.3, 0.4) is 0 Å². The summed E-state index contributed by atoms with van der Waals surface area (Å²) in [7, 11) is -3.83. The lowest BCUT2D eigenvalue weighted by Gasteiger charge is -2.12. The van der Waals surface area contributed by atoms with Crippen LogP contribution >= 0.6 is 11.6 Å². The van der Waals surface area contributed by atoms with Gasteiger partial charge in [0.25, 0.3) is 5.91 Å². The molecule has 0 saturated carbocycles. The van der Waals surface area contributed by atoms with Crippen molar-refractivity contribution in [3.05, 3.63) is 76.9 Å². The van der Waals surface area contributed by atoms with Gasteiger partial charge in [-0.1, -0.05) is 30.7 Å². The molecule has 4 rings (SSSR count). The van der Waals surface area contributed by atoms with Gasteiger partial charge in [0.05, 0.1) is 23.3 Å². The van der Waals surface area contributed by atoms with Crippen molar-refractivity contribution in [1.29, 1.82) is 0 Å². The highest BCUT2D eigenvalue weighted by Gasteiger charge is 2.23. The molecule has 2 aromatic heterocycles. The van der Waals surface area contributed by atoms with Gasteiger partial charge in [-0.3, -0.25) is 9.52 Å². The van der Waals surface area contributed by atoms with E-state index in [1.807, 2.05) is 22.9 Å². The zero-order chi connectivity index (χ0) is 24.5. The van der Waals surface area contributed by atoms with Gasteiger partial charge in [-0.25, -0.2) is 22.2 Å². The molecule has 3 N–H and O–H groups in total. The molecule has 176 valence electrons. The summed E-state index contributed by atoms with van der Waals surface area (Å²) in [6.07, 6.45) is 1.64. The number of anilines is 2. The zero-order valence-corrected chi connectivity index (χ0v) is 19.4. The number of nitrogens with zero attached hydrogens (tertiary/aromatic N) is 1. The van der Waals surface area contributed by atoms with Gasteiger partial charge in [0, 0.05) is 16.1 Å². The van der Waals surface area contributed by atoms with Gasteiger partial charge in [-0.15, -0.1) is 0 Å². The Morgan fingerprint density at radius 2 is 1.85 bits per heavy atom. The van der Waals surface area contributed by atoms with Gasteiger partial charge in [0.15, 0.2) is 5.82 Å². The van der Waals surface area contributed by atoms with Gasteiger partial charge >= 0.3 is 0 Å². The molecule has 2 heterocycles. The molecule has 0 unspecified atom stereocenters. The predicted molar refractivity (Wildman–Crippen MR) is 129 cm³/mol. The first-order chi connectivity index (χ1) is 16.2. The number of hydrogen-bond acceptors (Lipinski definition) is 4. The predicted octanol–water partition coefficient (Wildman–Crippen LogP) is 5.57. The molecule has 0 spiro atoms. The Morgan fingerprint density at radius 3 is 2.56 bits per heavy atom. The Morgan fingerprint density at radius 1 is 1.12 bits per heavy atom. The summed E-state index contributed by atoms with van der Waals surface area (Å²) in [4.78, 5) is 20.1. The van der Waals surface area contributed by atoms with Crippen LogP contribution in [0.2, 0.25) is 5.02 Å². The van der Waals surface area contributed by atoms with Crippen molar-refractivity contribution in [3.8, 4) is 11.3 Å². The number of rotatable bonds is 7. The lowest BCUT2D eigenvalue weighted by Crippen LogP contribution is -2.20. The molecule has 34 heavy (non-hydrogen) atoms. The van der Waals surface area contributed by atoms with Crippen molar-refractivity contribution < 1.29 is 22.0 Å². The average molecular weight is 505 g/mol. The number of fused-ring (bicyclic) bond motifs is 1. The molecule has 0 aliphatic rings. The molecular formula is C23H19ClF2N4O3S. The molecule has 1 amide bonds. The smallest absolute Gasteiger partial charge is 0.261 e. The van der Waals surface area contributed by atoms with E-state index in [9.17, 15) is 22.0 Å². The fourth-order valence-electron chi connectivity index (χ4n) is 3.39. The molecule has 0 saturated heterocycles. The fraction of sp³-hybridized carbons (Fsp3) is 0.130. The SMILES string of the molecule is CCCS(=O)(=O)Nc1ccc(F)c(C(=O)Nc2cnc3[nH]c(-c4ccc(Cl)cc4)cc3c2)c1F. The van der Waals surface area contributed by atoms with E-state index in [4.69, 9.17) is 11.6 Å². The van der Waals surface area contributed by atoms with Crippen LogP contribution in [0.4, 0.5) is 20.2 Å². The number of pyridine rings is 1. The van der Waals surface area contributed by atoms with Crippen LogP contribution in [-0.4, -0.2) is 30.0 Å². The minimum absolute atomic E-state index is 0.204. The number of H-pyrrole nitrogens is 1. The van der Waals surface area contributed by atoms with E-state index in [-0.39, 0.29) is 11.4 Å². The van der Waals surface area contributed by atoms with Crippen molar-refractivity contribution in [1.82, 2.24) is 9.97 Å². The topological polar surface area (TPSA) is 104 Å². The first-order valence-electron chi connectivity index (χ1n) is 10.2. The lowest BCUT2D eigenvalue weighted by molar-refractivity contribution is 0.101. The Labute approximate surface area is 199 Å². The maximum atomic E-state index is 14.9. The van der Waals surface area contributed by atoms with Crippen LogP contribution in [-0.2, 0) is 10.0 Å². The number of nitrogens with one attached hydrogen (secondary N) is 3. The van der Waals surface area contributed by atoms with Gasteiger partial charge < -0.3 is 10.3 Å². The Kier molecular flexibility index (Phi) is 6.54. The molecule has 4 aromatic rings. The van der Waals surface area contributed by atoms with Crippen LogP contribution in [0.25, 0.3) is 22.3 Å². The van der Waals surface area contributed by atoms with E-state index >= 15 is 0 Å². The third-order valence-electron chi connectivity index (χ3n) is 4.94. The highest BCUT2D eigenvalue weighted by Crippen LogP contribution is 2.27. The first kappa shape index (κ1) is 23.7. The number of sulfonamides is 1. The van der Waals surface area contributed by atoms with E-state index in [2.05, 4.69) is 15.3 Å². The van der Waals surface area contributed by atoms with Gasteiger partial charge in [-0.05, 0) is 48.4 Å². The lowest BCUT2D eigenvalue weighted by atomic mass is 10.1. The molecule has 0 fully saturated rings. The average Bonchev–Trinajstić information content (AvgIpc) is 3.19. The second-order valence-electron chi connectivity index (χ2n) is 7.51. The van der Waals surface area contributed by atoms with Crippen LogP contribution in [0, 0.1) is 11.6 Å². The van der Waals surface area contributed by atoms with Gasteiger partial charge in [0.2, 0.25) is 10.0 Å². The third-order valence-corrected chi connectivity index (χ3v) is 6.67. The van der Waals surface area contributed by atoms with Crippen LogP contribution in [0.15, 0.2) is 54.7 Å². The zero-order valence-electron chi connectivity index (χ0n) is 17.8. The van der Waals surface area contributed by atoms with E-state index in [1.165, 1.54) is 6.20 Å². The number of amides is 1. The summed E-state index contributed by atoms with van der Waals surface area (Å²) in [6.45, 7) is 1.65. The van der Waals surface area contributed by atoms with Crippen LogP contribution < -0.4 is 10.0 Å². The van der Waals surface area contributed by atoms with E-state index in [0.29, 0.717) is 22.5 Å². The highest BCUT2D eigenvalue weighted by atomic mass is 35.5. The minimum Gasteiger partial charge on any atom is -0.339 e. The number of aromatic nitrogens is 2. The van der Waals surface area contributed by atoms with Crippen molar-refractivity contribution in [3.63, 3.8) is 0 Å². The van der Waals surface area contributed by atoms with E-state index in [1.54, 1.807) is 25.1 Å². The highest BCUT2D eigenvalue weighted by molar-refractivity contribution is 7.92. The monoisotopic (exact) mass is 504 g/mol. The molecule has 2 aromatic carbocycles. The second kappa shape index (κ2) is 9.40. The van der Waals surface area contributed by atoms with Crippen molar-refractivity contribution in [2.75, 3.05) is 15.8 Å². The summed E-state index contributed by atoms with van der Waals surface area (Å²) in [5, 5.41) is 3.67. The number of hydrogen-bond donors (Lipinski definition) is 3. The van der Waals surface area contributed by atoms with Crippen LogP contribution in [0.1, 0.15) is 23.7 Å². The Balaban J connectivity index is 1.60. The van der Waals surface area contributed by atoms with Crippen molar-refractivity contribution in [2.45, 2.75) is 13.3 Å². The third kappa shape index (κ3) is 5.02.